The van der Waals surface area contributed by atoms with E-state index in [-0.39, 0.29) is 42.5 Å². The smallest absolute Gasteiger partial charge is 0.409 e. The molecule has 1 aromatic heterocycles. The fourth-order valence-electron chi connectivity index (χ4n) is 4.04. The number of hydrogen-bond acceptors (Lipinski definition) is 7. The molecule has 0 aliphatic carbocycles. The van der Waals surface area contributed by atoms with Gasteiger partial charge in [-0.15, -0.1) is 0 Å². The van der Waals surface area contributed by atoms with E-state index in [2.05, 4.69) is 15.3 Å². The molecular weight excluding hydrogens is 464 g/mol. The molecule has 3 aromatic rings. The topological polar surface area (TPSA) is 134 Å². The SMILES string of the molecule is COc1cc(C(=O)N2CC=C(c3cncnc3)CC2CO)c(NC(=O)O)cc1OCc1ccccc1. The lowest BCUT2D eigenvalue weighted by atomic mass is 9.95. The molecule has 1 aliphatic heterocycles. The lowest BCUT2D eigenvalue weighted by molar-refractivity contribution is 0.0619. The molecule has 0 saturated heterocycles. The van der Waals surface area contributed by atoms with Crippen LogP contribution in [-0.2, 0) is 6.61 Å². The average molecular weight is 491 g/mol. The molecule has 2 aromatic carbocycles. The van der Waals surface area contributed by atoms with Crippen molar-refractivity contribution in [2.24, 2.45) is 0 Å². The minimum Gasteiger partial charge on any atom is -0.493 e. The van der Waals surface area contributed by atoms with Crippen LogP contribution in [0.3, 0.4) is 0 Å². The number of rotatable bonds is 8. The summed E-state index contributed by atoms with van der Waals surface area (Å²) in [6.07, 6.45) is 5.74. The molecule has 1 atom stereocenters. The van der Waals surface area contributed by atoms with Crippen LogP contribution in [0.1, 0.15) is 27.9 Å². The van der Waals surface area contributed by atoms with E-state index in [0.29, 0.717) is 6.42 Å². The molecule has 4 rings (SSSR count). The number of benzene rings is 2. The second kappa shape index (κ2) is 11.3. The third kappa shape index (κ3) is 5.61. The van der Waals surface area contributed by atoms with E-state index < -0.39 is 18.0 Å². The van der Waals surface area contributed by atoms with Crippen LogP contribution in [0.4, 0.5) is 10.5 Å². The summed E-state index contributed by atoms with van der Waals surface area (Å²) in [5.74, 6) is 0.107. The molecule has 0 spiro atoms. The van der Waals surface area contributed by atoms with Gasteiger partial charge in [0.25, 0.3) is 5.91 Å². The van der Waals surface area contributed by atoms with Gasteiger partial charge in [0.1, 0.15) is 12.9 Å². The van der Waals surface area contributed by atoms with Crippen LogP contribution in [0.15, 0.2) is 67.3 Å². The fourth-order valence-corrected chi connectivity index (χ4v) is 4.04. The van der Waals surface area contributed by atoms with Gasteiger partial charge in [0.2, 0.25) is 0 Å². The van der Waals surface area contributed by atoms with Crippen LogP contribution in [0.2, 0.25) is 0 Å². The largest absolute Gasteiger partial charge is 0.493 e. The van der Waals surface area contributed by atoms with Crippen LogP contribution in [-0.4, -0.2) is 63.4 Å². The molecule has 0 fully saturated rings. The predicted octanol–water partition coefficient (Wildman–Crippen LogP) is 3.44. The molecule has 0 bridgehead atoms. The Kier molecular flexibility index (Phi) is 7.76. The van der Waals surface area contributed by atoms with Crippen LogP contribution in [0.5, 0.6) is 11.5 Å². The van der Waals surface area contributed by atoms with Gasteiger partial charge in [0.05, 0.1) is 31.0 Å². The maximum Gasteiger partial charge on any atom is 0.409 e. The van der Waals surface area contributed by atoms with Gasteiger partial charge in [0, 0.05) is 30.6 Å². The number of aliphatic hydroxyl groups excluding tert-OH is 1. The summed E-state index contributed by atoms with van der Waals surface area (Å²) in [5, 5.41) is 21.7. The van der Waals surface area contributed by atoms with Gasteiger partial charge in [-0.05, 0) is 23.6 Å². The Morgan fingerprint density at radius 2 is 1.89 bits per heavy atom. The van der Waals surface area contributed by atoms with Crippen molar-refractivity contribution in [1.29, 1.82) is 0 Å². The molecule has 0 radical (unpaired) electrons. The zero-order valence-electron chi connectivity index (χ0n) is 19.6. The summed E-state index contributed by atoms with van der Waals surface area (Å²) in [6.45, 7) is 0.176. The fraction of sp³-hybridized carbons (Fsp3) is 0.231. The summed E-state index contributed by atoms with van der Waals surface area (Å²) in [6, 6.07) is 11.8. The van der Waals surface area contributed by atoms with Crippen molar-refractivity contribution in [3.8, 4) is 11.5 Å². The number of anilines is 1. The molecule has 186 valence electrons. The van der Waals surface area contributed by atoms with Crippen LogP contribution < -0.4 is 14.8 Å². The van der Waals surface area contributed by atoms with Gasteiger partial charge in [0.15, 0.2) is 11.5 Å². The lowest BCUT2D eigenvalue weighted by Gasteiger charge is -2.34. The minimum absolute atomic E-state index is 0.0549. The number of aromatic nitrogens is 2. The average Bonchev–Trinajstić information content (AvgIpc) is 2.92. The molecular formula is C26H26N4O6. The molecule has 3 N–H and O–H groups in total. The van der Waals surface area contributed by atoms with Crippen molar-refractivity contribution < 1.29 is 29.3 Å². The normalized spacial score (nSPS) is 15.1. The van der Waals surface area contributed by atoms with Crippen LogP contribution >= 0.6 is 0 Å². The Hall–Kier alpha value is -4.44. The van der Waals surface area contributed by atoms with Crippen LogP contribution in [0, 0.1) is 0 Å². The molecule has 1 aliphatic rings. The Bertz CT molecular complexity index is 1250. The highest BCUT2D eigenvalue weighted by Crippen LogP contribution is 2.36. The molecule has 2 heterocycles. The van der Waals surface area contributed by atoms with Crippen molar-refractivity contribution in [2.75, 3.05) is 25.6 Å². The molecule has 36 heavy (non-hydrogen) atoms. The highest BCUT2D eigenvalue weighted by atomic mass is 16.5. The van der Waals surface area contributed by atoms with E-state index in [1.165, 1.54) is 30.5 Å². The first-order valence-corrected chi connectivity index (χ1v) is 11.2. The molecule has 1 unspecified atom stereocenters. The van der Waals surface area contributed by atoms with Gasteiger partial charge in [-0.2, -0.15) is 0 Å². The molecule has 10 heteroatoms. The number of carboxylic acid groups (broad SMARTS) is 1. The first-order valence-electron chi connectivity index (χ1n) is 11.2. The van der Waals surface area contributed by atoms with E-state index in [1.807, 2.05) is 36.4 Å². The summed E-state index contributed by atoms with van der Waals surface area (Å²) in [7, 11) is 1.44. The Labute approximate surface area is 207 Å². The highest BCUT2D eigenvalue weighted by Gasteiger charge is 2.31. The van der Waals surface area contributed by atoms with Gasteiger partial charge < -0.3 is 24.6 Å². The summed E-state index contributed by atoms with van der Waals surface area (Å²) in [5.41, 5.74) is 2.79. The third-order valence-corrected chi connectivity index (χ3v) is 5.85. The van der Waals surface area contributed by atoms with E-state index in [0.717, 1.165) is 16.7 Å². The summed E-state index contributed by atoms with van der Waals surface area (Å²) >= 11 is 0. The van der Waals surface area contributed by atoms with Gasteiger partial charge in [-0.1, -0.05) is 36.4 Å². The van der Waals surface area contributed by atoms with Crippen molar-refractivity contribution in [3.05, 3.63) is 84.0 Å². The quantitative estimate of drug-likeness (QED) is 0.437. The Balaban J connectivity index is 1.64. The number of ether oxygens (including phenoxy) is 2. The van der Waals surface area contributed by atoms with E-state index in [1.54, 1.807) is 12.4 Å². The Morgan fingerprint density at radius 1 is 1.14 bits per heavy atom. The first-order chi connectivity index (χ1) is 17.5. The van der Waals surface area contributed by atoms with Gasteiger partial charge in [-0.25, -0.2) is 14.8 Å². The monoisotopic (exact) mass is 490 g/mol. The highest BCUT2D eigenvalue weighted by molar-refractivity contribution is 6.03. The van der Waals surface area contributed by atoms with Crippen LogP contribution in [0.25, 0.3) is 5.57 Å². The van der Waals surface area contributed by atoms with Crippen molar-refractivity contribution in [3.63, 3.8) is 0 Å². The number of nitrogens with one attached hydrogen (secondary N) is 1. The van der Waals surface area contributed by atoms with E-state index in [9.17, 15) is 19.8 Å². The van der Waals surface area contributed by atoms with Crippen molar-refractivity contribution >= 4 is 23.3 Å². The lowest BCUT2D eigenvalue weighted by Crippen LogP contribution is -2.45. The third-order valence-electron chi connectivity index (χ3n) is 5.85. The Morgan fingerprint density at radius 3 is 2.56 bits per heavy atom. The number of hydrogen-bond donors (Lipinski definition) is 3. The maximum atomic E-state index is 13.6. The van der Waals surface area contributed by atoms with Gasteiger partial charge in [-0.3, -0.25) is 10.1 Å². The van der Waals surface area contributed by atoms with Gasteiger partial charge >= 0.3 is 6.09 Å². The van der Waals surface area contributed by atoms with Crippen molar-refractivity contribution in [1.82, 2.24) is 14.9 Å². The molecule has 0 saturated carbocycles. The van der Waals surface area contributed by atoms with E-state index in [4.69, 9.17) is 9.47 Å². The molecule has 2 amide bonds. The standard InChI is InChI=1S/C26H26N4O6/c1-35-23-10-21(22(29-26(33)34)11-24(23)36-15-17-5-3-2-4-6-17)25(32)30-8-7-18(9-20(30)14-31)19-12-27-16-28-13-19/h2-7,10-13,16,20,29,31H,8-9,14-15H2,1H3,(H,33,34). The summed E-state index contributed by atoms with van der Waals surface area (Å²) in [4.78, 5) is 34.7. The zero-order valence-corrected chi connectivity index (χ0v) is 19.6. The second-order valence-electron chi connectivity index (χ2n) is 8.11. The van der Waals surface area contributed by atoms with Crippen molar-refractivity contribution in [2.45, 2.75) is 19.1 Å². The number of amides is 2. The second-order valence-corrected chi connectivity index (χ2v) is 8.11. The van der Waals surface area contributed by atoms with E-state index >= 15 is 0 Å². The number of aliphatic hydroxyl groups is 1. The maximum absolute atomic E-state index is 13.6. The number of carbonyl (C=O) groups excluding carboxylic acids is 1. The molecule has 10 nitrogen and oxygen atoms in total. The summed E-state index contributed by atoms with van der Waals surface area (Å²) < 4.78 is 11.3. The zero-order chi connectivity index (χ0) is 25.5. The number of methoxy groups -OCH3 is 1. The first kappa shape index (κ1) is 24.7. The minimum atomic E-state index is -1.33. The number of carbonyl (C=O) groups is 2. The number of nitrogens with zero attached hydrogens (tertiary/aromatic N) is 3. The predicted molar refractivity (Wildman–Crippen MR) is 132 cm³/mol.